The van der Waals surface area contributed by atoms with Crippen molar-refractivity contribution in [2.45, 2.75) is 17.7 Å². The highest BCUT2D eigenvalue weighted by Gasteiger charge is 2.33. The van der Waals surface area contributed by atoms with E-state index in [4.69, 9.17) is 16.9 Å². The van der Waals surface area contributed by atoms with Gasteiger partial charge in [-0.25, -0.2) is 8.42 Å². The van der Waals surface area contributed by atoms with E-state index in [1.54, 1.807) is 36.4 Å². The molecule has 0 spiro atoms. The van der Waals surface area contributed by atoms with Crippen molar-refractivity contribution < 1.29 is 13.2 Å². The molecule has 0 bridgehead atoms. The minimum absolute atomic E-state index is 0.00864. The van der Waals surface area contributed by atoms with E-state index in [0.29, 0.717) is 23.6 Å². The van der Waals surface area contributed by atoms with Gasteiger partial charge in [-0.1, -0.05) is 29.8 Å². The summed E-state index contributed by atoms with van der Waals surface area (Å²) in [5, 5.41) is 12.5. The van der Waals surface area contributed by atoms with Crippen molar-refractivity contribution in [3.63, 3.8) is 0 Å². The second kappa shape index (κ2) is 8.09. The summed E-state index contributed by atoms with van der Waals surface area (Å²) in [4.78, 5) is 12.4. The van der Waals surface area contributed by atoms with E-state index in [2.05, 4.69) is 5.32 Å². The predicted octanol–water partition coefficient (Wildman–Crippen LogP) is 3.25. The second-order valence-corrected chi connectivity index (χ2v) is 8.63. The maximum Gasteiger partial charge on any atom is 0.244 e. The Hall–Kier alpha value is -2.40. The lowest BCUT2D eigenvalue weighted by atomic mass is 9.97. The molecular weight excluding hydrogens is 386 g/mol. The molecule has 2 aromatic rings. The van der Waals surface area contributed by atoms with Gasteiger partial charge in [0, 0.05) is 29.7 Å². The minimum Gasteiger partial charge on any atom is -0.326 e. The number of rotatable bonds is 4. The Bertz CT molecular complexity index is 993. The van der Waals surface area contributed by atoms with E-state index in [0.717, 1.165) is 0 Å². The van der Waals surface area contributed by atoms with E-state index in [1.165, 1.54) is 16.4 Å². The number of benzene rings is 2. The summed E-state index contributed by atoms with van der Waals surface area (Å²) in [5.41, 5.74) is 0.740. The summed E-state index contributed by atoms with van der Waals surface area (Å²) in [6, 6.07) is 15.0. The minimum atomic E-state index is -3.76. The first-order chi connectivity index (χ1) is 12.9. The molecule has 2 aromatic carbocycles. The van der Waals surface area contributed by atoms with Crippen LogP contribution in [-0.4, -0.2) is 31.7 Å². The molecule has 0 aliphatic carbocycles. The average Bonchev–Trinajstić information content (AvgIpc) is 2.68. The number of amides is 1. The van der Waals surface area contributed by atoms with Gasteiger partial charge in [0.05, 0.1) is 10.5 Å². The monoisotopic (exact) mass is 403 g/mol. The lowest BCUT2D eigenvalue weighted by molar-refractivity contribution is -0.120. The number of piperidine rings is 1. The van der Waals surface area contributed by atoms with Gasteiger partial charge in [-0.15, -0.1) is 0 Å². The van der Waals surface area contributed by atoms with Crippen molar-refractivity contribution in [2.75, 3.05) is 18.4 Å². The summed E-state index contributed by atoms with van der Waals surface area (Å²) in [7, 11) is -3.76. The second-order valence-electron chi connectivity index (χ2n) is 6.29. The van der Waals surface area contributed by atoms with Crippen LogP contribution in [0.15, 0.2) is 53.4 Å². The average molecular weight is 404 g/mol. The third-order valence-corrected chi connectivity index (χ3v) is 6.73. The van der Waals surface area contributed by atoms with Gasteiger partial charge in [-0.3, -0.25) is 4.79 Å². The molecule has 27 heavy (non-hydrogen) atoms. The molecule has 0 radical (unpaired) electrons. The SMILES string of the molecule is N#Cc1ccccc1S(=O)(=O)N1CCC(C(=O)Nc2cccc(Cl)c2)CC1. The Morgan fingerprint density at radius 1 is 1.15 bits per heavy atom. The molecule has 1 aliphatic rings. The van der Waals surface area contributed by atoms with E-state index in [-0.39, 0.29) is 35.4 Å². The first kappa shape index (κ1) is 19.4. The summed E-state index contributed by atoms with van der Waals surface area (Å²) in [5.74, 6) is -0.423. The zero-order chi connectivity index (χ0) is 19.4. The predicted molar refractivity (Wildman–Crippen MR) is 103 cm³/mol. The Morgan fingerprint density at radius 3 is 2.52 bits per heavy atom. The maximum absolute atomic E-state index is 12.8. The van der Waals surface area contributed by atoms with Gasteiger partial charge in [0.2, 0.25) is 15.9 Å². The van der Waals surface area contributed by atoms with Crippen LogP contribution in [0.25, 0.3) is 0 Å². The van der Waals surface area contributed by atoms with Gasteiger partial charge in [-0.2, -0.15) is 9.57 Å². The molecule has 140 valence electrons. The Labute approximate surface area is 163 Å². The number of carbonyl (C=O) groups is 1. The lowest BCUT2D eigenvalue weighted by Crippen LogP contribution is -2.41. The normalized spacial score (nSPS) is 15.9. The van der Waals surface area contributed by atoms with Crippen LogP contribution >= 0.6 is 11.6 Å². The van der Waals surface area contributed by atoms with Gasteiger partial charge >= 0.3 is 0 Å². The third-order valence-electron chi connectivity index (χ3n) is 4.54. The van der Waals surface area contributed by atoms with Crippen molar-refractivity contribution in [1.29, 1.82) is 5.26 Å². The number of hydrogen-bond donors (Lipinski definition) is 1. The molecule has 0 atom stereocenters. The number of nitriles is 1. The molecule has 1 N–H and O–H groups in total. The lowest BCUT2D eigenvalue weighted by Gasteiger charge is -2.30. The number of anilines is 1. The molecule has 1 aliphatic heterocycles. The molecule has 1 heterocycles. The van der Waals surface area contributed by atoms with Crippen LogP contribution in [0, 0.1) is 17.2 Å². The van der Waals surface area contributed by atoms with Crippen LogP contribution in [0.1, 0.15) is 18.4 Å². The standard InChI is InChI=1S/C19H18ClN3O3S/c20-16-5-3-6-17(12-16)22-19(24)14-8-10-23(11-9-14)27(25,26)18-7-2-1-4-15(18)13-21/h1-7,12,14H,8-11H2,(H,22,24). The topological polar surface area (TPSA) is 90.3 Å². The molecule has 0 unspecified atom stereocenters. The molecule has 6 nitrogen and oxygen atoms in total. The largest absolute Gasteiger partial charge is 0.326 e. The van der Waals surface area contributed by atoms with Crippen molar-refractivity contribution >= 4 is 33.2 Å². The van der Waals surface area contributed by atoms with Gasteiger partial charge in [-0.05, 0) is 43.2 Å². The van der Waals surface area contributed by atoms with Crippen LogP contribution in [-0.2, 0) is 14.8 Å². The highest BCUT2D eigenvalue weighted by molar-refractivity contribution is 7.89. The summed E-state index contributed by atoms with van der Waals surface area (Å²) >= 11 is 5.92. The summed E-state index contributed by atoms with van der Waals surface area (Å²) in [6.45, 7) is 0.464. The van der Waals surface area contributed by atoms with E-state index in [9.17, 15) is 13.2 Å². The zero-order valence-electron chi connectivity index (χ0n) is 14.4. The van der Waals surface area contributed by atoms with E-state index < -0.39 is 10.0 Å². The van der Waals surface area contributed by atoms with Gasteiger partial charge < -0.3 is 5.32 Å². The van der Waals surface area contributed by atoms with E-state index >= 15 is 0 Å². The molecule has 1 fully saturated rings. The van der Waals surface area contributed by atoms with Gasteiger partial charge in [0.15, 0.2) is 0 Å². The van der Waals surface area contributed by atoms with Gasteiger partial charge in [0.1, 0.15) is 6.07 Å². The molecular formula is C19H18ClN3O3S. The van der Waals surface area contributed by atoms with Crippen LogP contribution in [0.2, 0.25) is 5.02 Å². The molecule has 3 rings (SSSR count). The highest BCUT2D eigenvalue weighted by Crippen LogP contribution is 2.26. The number of hydrogen-bond acceptors (Lipinski definition) is 4. The smallest absolute Gasteiger partial charge is 0.244 e. The first-order valence-corrected chi connectivity index (χ1v) is 10.3. The third kappa shape index (κ3) is 4.30. The summed E-state index contributed by atoms with van der Waals surface area (Å²) in [6.07, 6.45) is 0.834. The van der Waals surface area contributed by atoms with Crippen molar-refractivity contribution in [2.24, 2.45) is 5.92 Å². The molecule has 0 saturated carbocycles. The fourth-order valence-electron chi connectivity index (χ4n) is 3.09. The van der Waals surface area contributed by atoms with Crippen molar-refractivity contribution in [3.05, 3.63) is 59.1 Å². The van der Waals surface area contributed by atoms with E-state index in [1.807, 2.05) is 6.07 Å². The van der Waals surface area contributed by atoms with Crippen LogP contribution < -0.4 is 5.32 Å². The highest BCUT2D eigenvalue weighted by atomic mass is 35.5. The molecule has 1 amide bonds. The Balaban J connectivity index is 1.66. The fourth-order valence-corrected chi connectivity index (χ4v) is 4.89. The summed E-state index contributed by atoms with van der Waals surface area (Å²) < 4.78 is 27.0. The van der Waals surface area contributed by atoms with Crippen LogP contribution in [0.4, 0.5) is 5.69 Å². The first-order valence-electron chi connectivity index (χ1n) is 8.47. The Morgan fingerprint density at radius 2 is 1.85 bits per heavy atom. The Kier molecular flexibility index (Phi) is 5.80. The molecule has 1 saturated heterocycles. The molecule has 8 heteroatoms. The number of nitrogens with one attached hydrogen (secondary N) is 1. The number of halogens is 1. The zero-order valence-corrected chi connectivity index (χ0v) is 16.0. The fraction of sp³-hybridized carbons (Fsp3) is 0.263. The molecule has 0 aromatic heterocycles. The quantitative estimate of drug-likeness (QED) is 0.848. The van der Waals surface area contributed by atoms with Gasteiger partial charge in [0.25, 0.3) is 0 Å². The number of sulfonamides is 1. The van der Waals surface area contributed by atoms with Crippen molar-refractivity contribution in [1.82, 2.24) is 4.31 Å². The maximum atomic E-state index is 12.8. The number of nitrogens with zero attached hydrogens (tertiary/aromatic N) is 2. The van der Waals surface area contributed by atoms with Crippen molar-refractivity contribution in [3.8, 4) is 6.07 Å². The van der Waals surface area contributed by atoms with Crippen LogP contribution in [0.5, 0.6) is 0 Å². The van der Waals surface area contributed by atoms with Crippen LogP contribution in [0.3, 0.4) is 0 Å². The number of carbonyl (C=O) groups excluding carboxylic acids is 1.